The number of hydrogen-bond donors (Lipinski definition) is 0. The van der Waals surface area contributed by atoms with Gasteiger partial charge in [0.15, 0.2) is 0 Å². The summed E-state index contributed by atoms with van der Waals surface area (Å²) in [7, 11) is 5.68. The van der Waals surface area contributed by atoms with Gasteiger partial charge >= 0.3 is 6.09 Å². The van der Waals surface area contributed by atoms with Gasteiger partial charge in [-0.05, 0) is 36.4 Å². The van der Waals surface area contributed by atoms with Gasteiger partial charge in [0.05, 0.1) is 21.8 Å². The van der Waals surface area contributed by atoms with Crippen molar-refractivity contribution in [3.63, 3.8) is 0 Å². The molecule has 0 bridgehead atoms. The van der Waals surface area contributed by atoms with Crippen molar-refractivity contribution < 1.29 is 9.53 Å². The van der Waals surface area contributed by atoms with Gasteiger partial charge in [0, 0.05) is 38.9 Å². The molecule has 0 saturated heterocycles. The van der Waals surface area contributed by atoms with Gasteiger partial charge < -0.3 is 9.64 Å². The van der Waals surface area contributed by atoms with Crippen molar-refractivity contribution in [3.8, 4) is 0 Å². The first-order valence-corrected chi connectivity index (χ1v) is 8.88. The second kappa shape index (κ2) is 7.53. The van der Waals surface area contributed by atoms with Crippen LogP contribution < -0.4 is 9.80 Å². The average Bonchev–Trinajstić information content (AvgIpc) is 3.03. The number of nitrogens with zero attached hydrogens (tertiary/aromatic N) is 3. The van der Waals surface area contributed by atoms with Crippen molar-refractivity contribution in [1.29, 1.82) is 0 Å². The van der Waals surface area contributed by atoms with E-state index in [1.165, 1.54) is 4.90 Å². The summed E-state index contributed by atoms with van der Waals surface area (Å²) in [6.45, 7) is 0.318. The Morgan fingerprint density at radius 1 is 1.04 bits per heavy atom. The number of ether oxygens (including phenoxy) is 1. The van der Waals surface area contributed by atoms with E-state index in [0.29, 0.717) is 13.0 Å². The first kappa shape index (κ1) is 17.2. The molecule has 1 heterocycles. The summed E-state index contributed by atoms with van der Waals surface area (Å²) in [5.74, 6) is 0. The third kappa shape index (κ3) is 4.09. The number of benzene rings is 2. The second-order valence-electron chi connectivity index (χ2n) is 5.91. The first-order valence-electron chi connectivity index (χ1n) is 8.07. The lowest BCUT2D eigenvalue weighted by atomic mass is 10.2. The lowest BCUT2D eigenvalue weighted by molar-refractivity contribution is 0.156. The van der Waals surface area contributed by atoms with Crippen LogP contribution in [0.5, 0.6) is 0 Å². The Morgan fingerprint density at radius 3 is 2.40 bits per heavy atom. The zero-order valence-corrected chi connectivity index (χ0v) is 15.4. The van der Waals surface area contributed by atoms with E-state index in [0.717, 1.165) is 26.6 Å². The van der Waals surface area contributed by atoms with Gasteiger partial charge in [-0.3, -0.25) is 4.90 Å². The molecule has 0 saturated carbocycles. The summed E-state index contributed by atoms with van der Waals surface area (Å²) in [6.07, 6.45) is 0.261. The highest BCUT2D eigenvalue weighted by molar-refractivity contribution is 7.18. The Bertz CT molecular complexity index is 825. The van der Waals surface area contributed by atoms with Gasteiger partial charge in [0.2, 0.25) is 0 Å². The quantitative estimate of drug-likeness (QED) is 0.689. The molecular formula is C19H21N3O2S. The van der Waals surface area contributed by atoms with Gasteiger partial charge in [0.25, 0.3) is 0 Å². The highest BCUT2D eigenvalue weighted by Crippen LogP contribution is 2.22. The fourth-order valence-corrected chi connectivity index (χ4v) is 3.38. The molecule has 6 heteroatoms. The molecule has 0 aliphatic heterocycles. The van der Waals surface area contributed by atoms with Crippen LogP contribution in [0.1, 0.15) is 5.01 Å². The van der Waals surface area contributed by atoms with Crippen molar-refractivity contribution in [2.75, 3.05) is 37.5 Å². The first-order chi connectivity index (χ1) is 12.0. The predicted molar refractivity (Wildman–Crippen MR) is 104 cm³/mol. The number of hydrogen-bond acceptors (Lipinski definition) is 5. The normalized spacial score (nSPS) is 10.7. The fourth-order valence-electron chi connectivity index (χ4n) is 2.43. The van der Waals surface area contributed by atoms with Gasteiger partial charge in [-0.2, -0.15) is 0 Å². The van der Waals surface area contributed by atoms with Crippen LogP contribution in [0.15, 0.2) is 48.5 Å². The number of anilines is 2. The van der Waals surface area contributed by atoms with Crippen LogP contribution in [-0.4, -0.2) is 38.8 Å². The summed E-state index contributed by atoms with van der Waals surface area (Å²) in [5, 5.41) is 0.979. The molecule has 25 heavy (non-hydrogen) atoms. The SMILES string of the molecule is CN(C)c1ccc(N(C)C(=O)OCCc2nc3ccccc3s2)cc1. The third-order valence-corrected chi connectivity index (χ3v) is 5.00. The maximum absolute atomic E-state index is 12.2. The molecule has 0 spiro atoms. The molecule has 0 atom stereocenters. The molecule has 0 unspecified atom stereocenters. The Hall–Kier alpha value is -2.60. The summed E-state index contributed by atoms with van der Waals surface area (Å²) >= 11 is 1.64. The molecule has 2 aromatic carbocycles. The van der Waals surface area contributed by atoms with Crippen molar-refractivity contribution in [2.45, 2.75) is 6.42 Å². The standard InChI is InChI=1S/C19H21N3O2S/c1-21(2)14-8-10-15(11-9-14)22(3)19(23)24-13-12-18-20-16-6-4-5-7-17(16)25-18/h4-11H,12-13H2,1-3H3. The van der Waals surface area contributed by atoms with Crippen molar-refractivity contribution in [3.05, 3.63) is 53.5 Å². The lowest BCUT2D eigenvalue weighted by Gasteiger charge is -2.18. The predicted octanol–water partition coefficient (Wildman–Crippen LogP) is 4.18. The topological polar surface area (TPSA) is 45.7 Å². The van der Waals surface area contributed by atoms with Gasteiger partial charge in [0.1, 0.15) is 0 Å². The summed E-state index contributed by atoms with van der Waals surface area (Å²) in [6, 6.07) is 15.8. The van der Waals surface area contributed by atoms with Crippen LogP contribution in [0.3, 0.4) is 0 Å². The van der Waals surface area contributed by atoms with E-state index in [9.17, 15) is 4.79 Å². The minimum absolute atomic E-state index is 0.318. The van der Waals surface area contributed by atoms with Crippen LogP contribution in [0.2, 0.25) is 0 Å². The average molecular weight is 355 g/mol. The molecule has 130 valence electrons. The molecule has 0 fully saturated rings. The molecule has 5 nitrogen and oxygen atoms in total. The molecule has 0 aliphatic carbocycles. The highest BCUT2D eigenvalue weighted by atomic mass is 32.1. The maximum atomic E-state index is 12.2. The Morgan fingerprint density at radius 2 is 1.72 bits per heavy atom. The fraction of sp³-hybridized carbons (Fsp3) is 0.263. The Balaban J connectivity index is 1.54. The number of aromatic nitrogens is 1. The second-order valence-corrected chi connectivity index (χ2v) is 7.02. The van der Waals surface area contributed by atoms with E-state index in [2.05, 4.69) is 4.98 Å². The Labute approximate surface area is 151 Å². The molecule has 3 rings (SSSR count). The summed E-state index contributed by atoms with van der Waals surface area (Å²) < 4.78 is 6.53. The molecular weight excluding hydrogens is 334 g/mol. The third-order valence-electron chi connectivity index (χ3n) is 3.91. The number of carbonyl (C=O) groups excluding carboxylic acids is 1. The smallest absolute Gasteiger partial charge is 0.414 e. The van der Waals surface area contributed by atoms with Crippen molar-refractivity contribution in [1.82, 2.24) is 4.98 Å². The minimum Gasteiger partial charge on any atom is -0.449 e. The Kier molecular flexibility index (Phi) is 5.19. The number of amides is 1. The largest absolute Gasteiger partial charge is 0.449 e. The molecule has 3 aromatic rings. The van der Waals surface area contributed by atoms with E-state index < -0.39 is 0 Å². The number of fused-ring (bicyclic) bond motifs is 1. The van der Waals surface area contributed by atoms with E-state index >= 15 is 0 Å². The van der Waals surface area contributed by atoms with E-state index in [1.807, 2.05) is 67.5 Å². The van der Waals surface area contributed by atoms with Crippen LogP contribution in [0.25, 0.3) is 10.2 Å². The van der Waals surface area contributed by atoms with Crippen molar-refractivity contribution >= 4 is 39.0 Å². The molecule has 1 aromatic heterocycles. The molecule has 0 radical (unpaired) electrons. The molecule has 0 N–H and O–H groups in total. The number of carbonyl (C=O) groups is 1. The number of thiazole rings is 1. The van der Waals surface area contributed by atoms with E-state index in [-0.39, 0.29) is 6.09 Å². The monoisotopic (exact) mass is 355 g/mol. The minimum atomic E-state index is -0.362. The molecule has 1 amide bonds. The summed E-state index contributed by atoms with van der Waals surface area (Å²) in [5.41, 5.74) is 2.88. The van der Waals surface area contributed by atoms with Gasteiger partial charge in [-0.15, -0.1) is 11.3 Å². The van der Waals surface area contributed by atoms with Crippen LogP contribution in [-0.2, 0) is 11.2 Å². The highest BCUT2D eigenvalue weighted by Gasteiger charge is 2.13. The van der Waals surface area contributed by atoms with Crippen LogP contribution in [0, 0.1) is 0 Å². The van der Waals surface area contributed by atoms with Crippen molar-refractivity contribution in [2.24, 2.45) is 0 Å². The maximum Gasteiger partial charge on any atom is 0.414 e. The lowest BCUT2D eigenvalue weighted by Crippen LogP contribution is -2.27. The summed E-state index contributed by atoms with van der Waals surface area (Å²) in [4.78, 5) is 20.3. The van der Waals surface area contributed by atoms with Crippen LogP contribution in [0.4, 0.5) is 16.2 Å². The van der Waals surface area contributed by atoms with Crippen LogP contribution >= 0.6 is 11.3 Å². The van der Waals surface area contributed by atoms with Gasteiger partial charge in [-0.1, -0.05) is 12.1 Å². The zero-order valence-electron chi connectivity index (χ0n) is 14.6. The molecule has 0 aliphatic rings. The zero-order chi connectivity index (χ0) is 17.8. The number of para-hydroxylation sites is 1. The van der Waals surface area contributed by atoms with E-state index in [1.54, 1.807) is 18.4 Å². The van der Waals surface area contributed by atoms with E-state index in [4.69, 9.17) is 4.74 Å². The number of rotatable bonds is 5. The van der Waals surface area contributed by atoms with Gasteiger partial charge in [-0.25, -0.2) is 9.78 Å².